The number of aliphatic imine (C=N–C) groups is 1. The molecule has 1 atom stereocenters. The van der Waals surface area contributed by atoms with Crippen LogP contribution in [0.15, 0.2) is 108 Å². The van der Waals surface area contributed by atoms with E-state index in [1.54, 1.807) is 18.2 Å². The van der Waals surface area contributed by atoms with Crippen molar-refractivity contribution in [3.05, 3.63) is 131 Å². The fourth-order valence-corrected chi connectivity index (χ4v) is 9.05. The molecule has 1 aliphatic heterocycles. The van der Waals surface area contributed by atoms with E-state index in [-0.39, 0.29) is 68.6 Å². The van der Waals surface area contributed by atoms with E-state index in [0.717, 1.165) is 63.9 Å². The summed E-state index contributed by atoms with van der Waals surface area (Å²) in [4.78, 5) is 71.2. The minimum Gasteiger partial charge on any atom is -0.400 e. The Morgan fingerprint density at radius 2 is 1.49 bits per heavy atom. The van der Waals surface area contributed by atoms with Crippen LogP contribution in [-0.4, -0.2) is 128 Å². The SMILES string of the molecule is CNC(=O)CCC(C=O)N1C(=O)c2cccc(NCCOCCOCCC(=O)NCc3cccc(Cn4c(/N=C\N(C)C5CCCCC5)c(C=N)c(-c5ccccc5)c4-c4ccccc4)c3)c2C1=O.CO. The van der Waals surface area contributed by atoms with E-state index in [0.29, 0.717) is 43.5 Å². The lowest BCUT2D eigenvalue weighted by molar-refractivity contribution is -0.123. The van der Waals surface area contributed by atoms with Gasteiger partial charge in [-0.2, -0.15) is 0 Å². The number of aromatic nitrogens is 1. The lowest BCUT2D eigenvalue weighted by Gasteiger charge is -2.29. The molecule has 16 heteroatoms. The van der Waals surface area contributed by atoms with Gasteiger partial charge in [0.05, 0.1) is 55.6 Å². The van der Waals surface area contributed by atoms with Crippen LogP contribution in [0.4, 0.5) is 11.5 Å². The fourth-order valence-electron chi connectivity index (χ4n) is 9.05. The molecular formula is C55H66N8O8. The number of carbonyl (C=O) groups is 5. The second kappa shape index (κ2) is 27.2. The summed E-state index contributed by atoms with van der Waals surface area (Å²) in [7, 11) is 4.58. The number of nitrogens with zero attached hydrogens (tertiary/aromatic N) is 4. The standard InChI is InChI=1S/C54H62N8O7.CH4O/c1-56-47(64)25-24-43(36-63)62-53(66)44-22-13-23-46(50(44)54(62)67)57-27-29-69-31-30-68-28-26-48(65)58-34-38-14-12-15-39(32-38)35-61-51(41-18-8-4-9-19-41)49(40-16-6-3-7-17-40)45(33-55)52(61)59-37-60(2)42-20-10-5-11-21-42;1-2/h3-4,6-9,12-19,22-23,32-33,36-37,42-43,55,57H,5,10-11,20-21,24-31,34-35H2,1-2H3,(H,56,64)(H,58,65);2H,1H3/b55-33?,59-37-;. The molecule has 7 rings (SSSR count). The number of imide groups is 1. The maximum Gasteiger partial charge on any atom is 0.264 e. The number of ether oxygens (including phenoxy) is 2. The lowest BCUT2D eigenvalue weighted by atomic mass is 9.95. The summed E-state index contributed by atoms with van der Waals surface area (Å²) in [6, 6.07) is 32.9. The van der Waals surface area contributed by atoms with E-state index in [1.807, 2.05) is 54.9 Å². The van der Waals surface area contributed by atoms with Gasteiger partial charge in [-0.15, -0.1) is 0 Å². The second-order valence-electron chi connectivity index (χ2n) is 17.2. The summed E-state index contributed by atoms with van der Waals surface area (Å²) in [5, 5.41) is 24.4. The third-order valence-corrected chi connectivity index (χ3v) is 12.6. The molecule has 1 fully saturated rings. The van der Waals surface area contributed by atoms with Gasteiger partial charge in [0.2, 0.25) is 11.8 Å². The molecule has 0 spiro atoms. The van der Waals surface area contributed by atoms with Crippen LogP contribution in [0.3, 0.4) is 0 Å². The van der Waals surface area contributed by atoms with E-state index in [9.17, 15) is 24.0 Å². The summed E-state index contributed by atoms with van der Waals surface area (Å²) in [5.74, 6) is -0.880. The number of aldehydes is 1. The molecule has 4 amide bonds. The van der Waals surface area contributed by atoms with Crippen molar-refractivity contribution in [3.8, 4) is 22.4 Å². The normalized spacial score (nSPS) is 13.8. The summed E-state index contributed by atoms with van der Waals surface area (Å²) < 4.78 is 13.6. The van der Waals surface area contributed by atoms with Crippen LogP contribution in [0.2, 0.25) is 0 Å². The molecule has 374 valence electrons. The highest BCUT2D eigenvalue weighted by Gasteiger charge is 2.41. The zero-order valence-corrected chi connectivity index (χ0v) is 40.9. The summed E-state index contributed by atoms with van der Waals surface area (Å²) in [6.07, 6.45) is 10.1. The Morgan fingerprint density at radius 3 is 2.18 bits per heavy atom. The smallest absolute Gasteiger partial charge is 0.264 e. The Morgan fingerprint density at radius 1 is 0.817 bits per heavy atom. The molecule has 2 aliphatic rings. The van der Waals surface area contributed by atoms with Crippen molar-refractivity contribution < 1.29 is 38.6 Å². The first-order valence-corrected chi connectivity index (χ1v) is 24.2. The number of amides is 4. The molecule has 16 nitrogen and oxygen atoms in total. The van der Waals surface area contributed by atoms with Crippen molar-refractivity contribution in [2.24, 2.45) is 4.99 Å². The molecule has 0 saturated heterocycles. The zero-order valence-electron chi connectivity index (χ0n) is 40.9. The van der Waals surface area contributed by atoms with Gasteiger partial charge in [0.25, 0.3) is 11.8 Å². The zero-order chi connectivity index (χ0) is 50.5. The largest absolute Gasteiger partial charge is 0.400 e. The molecule has 71 heavy (non-hydrogen) atoms. The quantitative estimate of drug-likeness (QED) is 0.0130. The Hall–Kier alpha value is -7.27. The topological polar surface area (TPSA) is 208 Å². The Bertz CT molecular complexity index is 2610. The number of anilines is 1. The van der Waals surface area contributed by atoms with Gasteiger partial charge in [-0.25, -0.2) is 4.99 Å². The predicted molar refractivity (Wildman–Crippen MR) is 276 cm³/mol. The number of rotatable bonds is 25. The Kier molecular flexibility index (Phi) is 20.3. The number of benzene rings is 4. The van der Waals surface area contributed by atoms with Crippen molar-refractivity contribution in [1.29, 1.82) is 5.41 Å². The minimum atomic E-state index is -1.05. The van der Waals surface area contributed by atoms with Gasteiger partial charge in [0, 0.05) is 82.8 Å². The first-order valence-electron chi connectivity index (χ1n) is 24.2. The van der Waals surface area contributed by atoms with Crippen molar-refractivity contribution in [1.82, 2.24) is 25.0 Å². The fraction of sp³-hybridized carbons (Fsp3) is 0.364. The number of aliphatic hydroxyl groups excluding tert-OH is 1. The molecule has 1 aliphatic carbocycles. The van der Waals surface area contributed by atoms with Gasteiger partial charge in [-0.05, 0) is 53.6 Å². The average Bonchev–Trinajstić information content (AvgIpc) is 3.86. The number of hydrogen-bond acceptors (Lipinski definition) is 11. The van der Waals surface area contributed by atoms with Crippen molar-refractivity contribution in [3.63, 3.8) is 0 Å². The van der Waals surface area contributed by atoms with Crippen LogP contribution in [0.25, 0.3) is 22.4 Å². The first-order chi connectivity index (χ1) is 34.7. The first kappa shape index (κ1) is 53.1. The third-order valence-electron chi connectivity index (χ3n) is 12.6. The molecule has 0 radical (unpaired) electrons. The maximum absolute atomic E-state index is 13.3. The van der Waals surface area contributed by atoms with Gasteiger partial charge >= 0.3 is 0 Å². The van der Waals surface area contributed by atoms with Crippen molar-refractivity contribution in [2.45, 2.75) is 76.5 Å². The van der Waals surface area contributed by atoms with Gasteiger partial charge in [-0.1, -0.05) is 110 Å². The lowest BCUT2D eigenvalue weighted by Crippen LogP contribution is -2.41. The summed E-state index contributed by atoms with van der Waals surface area (Å²) >= 11 is 0. The Balaban J connectivity index is 0.00000407. The molecule has 1 unspecified atom stereocenters. The van der Waals surface area contributed by atoms with Gasteiger partial charge < -0.3 is 50.2 Å². The van der Waals surface area contributed by atoms with Crippen LogP contribution in [0.5, 0.6) is 0 Å². The van der Waals surface area contributed by atoms with Crippen LogP contribution in [0.1, 0.15) is 88.8 Å². The highest BCUT2D eigenvalue weighted by atomic mass is 16.5. The molecule has 2 heterocycles. The molecule has 1 aromatic heterocycles. The van der Waals surface area contributed by atoms with Crippen LogP contribution in [0, 0.1) is 5.41 Å². The minimum absolute atomic E-state index is 0.00222. The molecular weight excluding hydrogens is 901 g/mol. The van der Waals surface area contributed by atoms with Gasteiger partial charge in [0.1, 0.15) is 12.1 Å². The second-order valence-corrected chi connectivity index (χ2v) is 17.2. The van der Waals surface area contributed by atoms with Crippen LogP contribution >= 0.6 is 0 Å². The highest BCUT2D eigenvalue weighted by molar-refractivity contribution is 6.24. The predicted octanol–water partition coefficient (Wildman–Crippen LogP) is 7.24. The number of hydrogen-bond donors (Lipinski definition) is 5. The summed E-state index contributed by atoms with van der Waals surface area (Å²) in [5.41, 5.74) is 7.53. The van der Waals surface area contributed by atoms with Crippen molar-refractivity contribution >= 4 is 54.0 Å². The molecule has 5 aromatic rings. The number of aliphatic hydroxyl groups is 1. The van der Waals surface area contributed by atoms with E-state index in [4.69, 9.17) is 25.0 Å². The molecule has 0 bridgehead atoms. The maximum atomic E-state index is 13.3. The van der Waals surface area contributed by atoms with E-state index >= 15 is 0 Å². The van der Waals surface area contributed by atoms with Crippen LogP contribution < -0.4 is 16.0 Å². The summed E-state index contributed by atoms with van der Waals surface area (Å²) in [6.45, 7) is 2.23. The van der Waals surface area contributed by atoms with Gasteiger partial charge in [-0.3, -0.25) is 24.1 Å². The number of carbonyl (C=O) groups excluding carboxylic acids is 5. The van der Waals surface area contributed by atoms with E-state index in [1.165, 1.54) is 32.5 Å². The van der Waals surface area contributed by atoms with Crippen LogP contribution in [-0.2, 0) is 36.9 Å². The molecule has 1 saturated carbocycles. The third kappa shape index (κ3) is 13.7. The van der Waals surface area contributed by atoms with E-state index < -0.39 is 17.9 Å². The Labute approximate surface area is 416 Å². The molecule has 5 N–H and O–H groups in total. The monoisotopic (exact) mass is 967 g/mol. The molecule has 4 aromatic carbocycles. The average molecular weight is 967 g/mol. The van der Waals surface area contributed by atoms with Gasteiger partial charge in [0.15, 0.2) is 0 Å². The van der Waals surface area contributed by atoms with E-state index in [2.05, 4.69) is 68.9 Å². The number of nitrogens with one attached hydrogen (secondary N) is 4. The van der Waals surface area contributed by atoms with Crippen molar-refractivity contribution in [2.75, 3.05) is 59.5 Å². The highest BCUT2D eigenvalue weighted by Crippen LogP contribution is 2.43. The number of fused-ring (bicyclic) bond motifs is 1.